The average Bonchev–Trinajstić information content (AvgIpc) is 3.15. The third-order valence-corrected chi connectivity index (χ3v) is 4.71. The van der Waals surface area contributed by atoms with E-state index >= 15 is 0 Å². The molecule has 0 spiro atoms. The first kappa shape index (κ1) is 17.7. The van der Waals surface area contributed by atoms with Gasteiger partial charge in [0.2, 0.25) is 5.91 Å². The molecule has 6 nitrogen and oxygen atoms in total. The first-order valence-corrected chi connectivity index (χ1v) is 8.88. The van der Waals surface area contributed by atoms with E-state index in [-0.39, 0.29) is 18.4 Å². The Morgan fingerprint density at radius 3 is 2.82 bits per heavy atom. The summed E-state index contributed by atoms with van der Waals surface area (Å²) in [7, 11) is 1.57. The second-order valence-electron chi connectivity index (χ2n) is 6.39. The van der Waals surface area contributed by atoms with Gasteiger partial charge in [0.05, 0.1) is 12.8 Å². The summed E-state index contributed by atoms with van der Waals surface area (Å²) in [5.74, 6) is 4.04. The summed E-state index contributed by atoms with van der Waals surface area (Å²) in [6.45, 7) is 0.138. The number of aromatic nitrogens is 2. The van der Waals surface area contributed by atoms with E-state index in [1.54, 1.807) is 13.4 Å². The minimum Gasteiger partial charge on any atom is -0.493 e. The van der Waals surface area contributed by atoms with E-state index in [9.17, 15) is 4.79 Å². The van der Waals surface area contributed by atoms with Gasteiger partial charge >= 0.3 is 0 Å². The SMILES string of the molecule is C#CCOc1cc(C2CC(=O)Nc3c2ncn3-c2ccccc2)ccc1OC. The van der Waals surface area contributed by atoms with Gasteiger partial charge in [-0.05, 0) is 29.8 Å². The number of nitrogens with one attached hydrogen (secondary N) is 1. The van der Waals surface area contributed by atoms with E-state index in [4.69, 9.17) is 15.9 Å². The van der Waals surface area contributed by atoms with Crippen LogP contribution < -0.4 is 14.8 Å². The number of amides is 1. The van der Waals surface area contributed by atoms with E-state index in [0.717, 1.165) is 16.9 Å². The van der Waals surface area contributed by atoms with Crippen LogP contribution in [0.25, 0.3) is 5.69 Å². The van der Waals surface area contributed by atoms with E-state index in [0.29, 0.717) is 23.7 Å². The van der Waals surface area contributed by atoms with Gasteiger partial charge in [0, 0.05) is 18.0 Å². The van der Waals surface area contributed by atoms with Crippen LogP contribution in [0.1, 0.15) is 23.6 Å². The van der Waals surface area contributed by atoms with Gasteiger partial charge < -0.3 is 14.8 Å². The molecule has 0 fully saturated rings. The van der Waals surface area contributed by atoms with Crippen LogP contribution in [0.5, 0.6) is 11.5 Å². The third kappa shape index (κ3) is 3.19. The Morgan fingerprint density at radius 2 is 2.07 bits per heavy atom. The Balaban J connectivity index is 1.76. The highest BCUT2D eigenvalue weighted by molar-refractivity contribution is 5.94. The van der Waals surface area contributed by atoms with E-state index < -0.39 is 0 Å². The summed E-state index contributed by atoms with van der Waals surface area (Å²) in [5, 5.41) is 2.96. The number of nitrogens with zero attached hydrogens (tertiary/aromatic N) is 2. The molecular formula is C22H19N3O3. The molecule has 0 bridgehead atoms. The van der Waals surface area contributed by atoms with Crippen molar-refractivity contribution in [3.05, 3.63) is 66.1 Å². The number of para-hydroxylation sites is 1. The number of benzene rings is 2. The Hall–Kier alpha value is -3.72. The summed E-state index contributed by atoms with van der Waals surface area (Å²) >= 11 is 0. The Labute approximate surface area is 163 Å². The third-order valence-electron chi connectivity index (χ3n) is 4.71. The lowest BCUT2D eigenvalue weighted by Crippen LogP contribution is -2.25. The first-order valence-electron chi connectivity index (χ1n) is 8.88. The van der Waals surface area contributed by atoms with Crippen LogP contribution in [0.3, 0.4) is 0 Å². The predicted octanol–water partition coefficient (Wildman–Crippen LogP) is 3.37. The Bertz CT molecular complexity index is 1050. The van der Waals surface area contributed by atoms with Crippen molar-refractivity contribution in [1.29, 1.82) is 0 Å². The largest absolute Gasteiger partial charge is 0.493 e. The maximum atomic E-state index is 12.4. The van der Waals surface area contributed by atoms with Crippen molar-refractivity contribution in [2.45, 2.75) is 12.3 Å². The van der Waals surface area contributed by atoms with Crippen molar-refractivity contribution in [3.8, 4) is 29.5 Å². The van der Waals surface area contributed by atoms with Crippen molar-refractivity contribution in [2.24, 2.45) is 0 Å². The van der Waals surface area contributed by atoms with Gasteiger partial charge in [-0.3, -0.25) is 9.36 Å². The molecule has 28 heavy (non-hydrogen) atoms. The molecule has 6 heteroatoms. The standard InChI is InChI=1S/C22H19N3O3/c1-3-11-28-19-12-15(9-10-18(19)27-2)17-13-20(26)24-22-21(17)23-14-25(22)16-7-5-4-6-8-16/h1,4-10,12,14,17H,11,13H2,2H3,(H,24,26). The monoisotopic (exact) mass is 373 g/mol. The van der Waals surface area contributed by atoms with E-state index in [2.05, 4.69) is 16.2 Å². The second kappa shape index (κ2) is 7.49. The van der Waals surface area contributed by atoms with Gasteiger partial charge in [0.25, 0.3) is 0 Å². The minimum absolute atomic E-state index is 0.0582. The number of fused-ring (bicyclic) bond motifs is 1. The average molecular weight is 373 g/mol. The highest BCUT2D eigenvalue weighted by atomic mass is 16.5. The molecular weight excluding hydrogens is 354 g/mol. The number of rotatable bonds is 5. The Kier molecular flexibility index (Phi) is 4.73. The Morgan fingerprint density at radius 1 is 1.25 bits per heavy atom. The number of imidazole rings is 1. The predicted molar refractivity (Wildman–Crippen MR) is 106 cm³/mol. The van der Waals surface area contributed by atoms with E-state index in [1.165, 1.54) is 0 Å². The molecule has 0 saturated heterocycles. The van der Waals surface area contributed by atoms with Crippen LogP contribution in [0.15, 0.2) is 54.9 Å². The maximum absolute atomic E-state index is 12.4. The lowest BCUT2D eigenvalue weighted by atomic mass is 9.89. The number of methoxy groups -OCH3 is 1. The van der Waals surface area contributed by atoms with Crippen molar-refractivity contribution in [3.63, 3.8) is 0 Å². The summed E-state index contributed by atoms with van der Waals surface area (Å²) in [6.07, 6.45) is 7.35. The number of carbonyl (C=O) groups excluding carboxylic acids is 1. The molecule has 0 aliphatic carbocycles. The number of ether oxygens (including phenoxy) is 2. The van der Waals surface area contributed by atoms with Gasteiger partial charge in [-0.25, -0.2) is 4.98 Å². The number of anilines is 1. The summed E-state index contributed by atoms with van der Waals surface area (Å²) < 4.78 is 12.8. The van der Waals surface area contributed by atoms with Gasteiger partial charge in [-0.2, -0.15) is 0 Å². The second-order valence-corrected chi connectivity index (χ2v) is 6.39. The van der Waals surface area contributed by atoms with Crippen molar-refractivity contribution >= 4 is 11.7 Å². The molecule has 1 atom stereocenters. The quantitative estimate of drug-likeness (QED) is 0.697. The van der Waals surface area contributed by atoms with Crippen LogP contribution in [-0.2, 0) is 4.79 Å². The smallest absolute Gasteiger partial charge is 0.226 e. The van der Waals surface area contributed by atoms with Crippen LogP contribution in [0.2, 0.25) is 0 Å². The zero-order valence-electron chi connectivity index (χ0n) is 15.4. The maximum Gasteiger partial charge on any atom is 0.226 e. The molecule has 1 aromatic heterocycles. The van der Waals surface area contributed by atoms with Crippen LogP contribution in [-0.4, -0.2) is 29.2 Å². The fraction of sp³-hybridized carbons (Fsp3) is 0.182. The zero-order valence-corrected chi connectivity index (χ0v) is 15.4. The highest BCUT2D eigenvalue weighted by Crippen LogP contribution is 2.40. The van der Waals surface area contributed by atoms with E-state index in [1.807, 2.05) is 53.1 Å². The molecule has 140 valence electrons. The number of hydrogen-bond acceptors (Lipinski definition) is 4. The zero-order chi connectivity index (χ0) is 19.5. The molecule has 1 unspecified atom stereocenters. The summed E-state index contributed by atoms with van der Waals surface area (Å²) in [4.78, 5) is 17.0. The van der Waals surface area contributed by atoms with Crippen LogP contribution >= 0.6 is 0 Å². The first-order chi connectivity index (χ1) is 13.7. The number of terminal acetylenes is 1. The van der Waals surface area contributed by atoms with Gasteiger partial charge in [0.1, 0.15) is 18.8 Å². The molecule has 1 N–H and O–H groups in total. The highest BCUT2D eigenvalue weighted by Gasteiger charge is 2.31. The molecule has 2 heterocycles. The summed E-state index contributed by atoms with van der Waals surface area (Å²) in [5.41, 5.74) is 2.67. The molecule has 1 amide bonds. The number of hydrogen-bond donors (Lipinski definition) is 1. The normalized spacial score (nSPS) is 15.3. The molecule has 0 radical (unpaired) electrons. The fourth-order valence-corrected chi connectivity index (χ4v) is 3.41. The molecule has 0 saturated carbocycles. The van der Waals surface area contributed by atoms with Gasteiger partial charge in [-0.15, -0.1) is 6.42 Å². The van der Waals surface area contributed by atoms with Crippen molar-refractivity contribution in [2.75, 3.05) is 19.0 Å². The van der Waals surface area contributed by atoms with Crippen molar-refractivity contribution < 1.29 is 14.3 Å². The van der Waals surface area contributed by atoms with Gasteiger partial charge in [0.15, 0.2) is 11.5 Å². The lowest BCUT2D eigenvalue weighted by Gasteiger charge is -2.24. The lowest BCUT2D eigenvalue weighted by molar-refractivity contribution is -0.116. The molecule has 4 rings (SSSR count). The molecule has 1 aliphatic heterocycles. The van der Waals surface area contributed by atoms with Gasteiger partial charge in [-0.1, -0.05) is 30.2 Å². The number of carbonyl (C=O) groups is 1. The molecule has 2 aromatic carbocycles. The fourth-order valence-electron chi connectivity index (χ4n) is 3.41. The molecule has 1 aliphatic rings. The van der Waals surface area contributed by atoms with Crippen LogP contribution in [0, 0.1) is 12.3 Å². The summed E-state index contributed by atoms with van der Waals surface area (Å²) in [6, 6.07) is 15.4. The topological polar surface area (TPSA) is 65.4 Å². The minimum atomic E-state index is -0.187. The van der Waals surface area contributed by atoms with Crippen molar-refractivity contribution in [1.82, 2.24) is 9.55 Å². The van der Waals surface area contributed by atoms with Crippen LogP contribution in [0.4, 0.5) is 5.82 Å². The molecule has 3 aromatic rings.